The number of hydrogen-bond acceptors (Lipinski definition) is 7. The van der Waals surface area contributed by atoms with Gasteiger partial charge in [0.1, 0.15) is 5.52 Å². The number of nitrogens with one attached hydrogen (secondary N) is 1. The minimum Gasteiger partial charge on any atom is -0.349 e. The lowest BCUT2D eigenvalue weighted by Gasteiger charge is -2.32. The molecule has 140 valence electrons. The smallest absolute Gasteiger partial charge is 0.291 e. The van der Waals surface area contributed by atoms with Crippen molar-refractivity contribution in [1.82, 2.24) is 30.3 Å². The average Bonchev–Trinajstić information content (AvgIpc) is 2.66. The first-order valence-corrected chi connectivity index (χ1v) is 10.1. The monoisotopic (exact) mass is 374 g/mol. The highest BCUT2D eigenvalue weighted by Crippen LogP contribution is 2.21. The van der Waals surface area contributed by atoms with Crippen LogP contribution in [0.25, 0.3) is 11.0 Å². The molecular formula is C18H26N6OS. The van der Waals surface area contributed by atoms with Crippen molar-refractivity contribution in [3.05, 3.63) is 24.0 Å². The molecule has 0 bridgehead atoms. The summed E-state index contributed by atoms with van der Waals surface area (Å²) in [4.78, 5) is 22.6. The summed E-state index contributed by atoms with van der Waals surface area (Å²) in [6.45, 7) is 8.15. The quantitative estimate of drug-likeness (QED) is 0.581. The summed E-state index contributed by atoms with van der Waals surface area (Å²) in [5, 5.41) is 11.0. The van der Waals surface area contributed by atoms with Gasteiger partial charge < -0.3 is 15.1 Å². The molecule has 1 fully saturated rings. The molecule has 1 aliphatic heterocycles. The third kappa shape index (κ3) is 5.12. The van der Waals surface area contributed by atoms with E-state index in [-0.39, 0.29) is 11.7 Å². The van der Waals surface area contributed by atoms with Crippen molar-refractivity contribution in [3.8, 4) is 0 Å². The van der Waals surface area contributed by atoms with E-state index >= 15 is 0 Å². The molecule has 0 unspecified atom stereocenters. The van der Waals surface area contributed by atoms with Crippen molar-refractivity contribution in [3.63, 3.8) is 0 Å². The highest BCUT2D eigenvalue weighted by molar-refractivity contribution is 7.99. The summed E-state index contributed by atoms with van der Waals surface area (Å²) in [7, 11) is 2.15. The summed E-state index contributed by atoms with van der Waals surface area (Å²) < 4.78 is 0. The molecule has 0 saturated carbocycles. The van der Waals surface area contributed by atoms with E-state index in [2.05, 4.69) is 44.3 Å². The third-order valence-corrected chi connectivity index (χ3v) is 5.35. The Morgan fingerprint density at radius 3 is 2.77 bits per heavy atom. The van der Waals surface area contributed by atoms with Gasteiger partial charge in [-0.25, -0.2) is 4.98 Å². The molecule has 8 heteroatoms. The van der Waals surface area contributed by atoms with Crippen LogP contribution in [0.4, 0.5) is 0 Å². The van der Waals surface area contributed by atoms with Crippen LogP contribution in [0.2, 0.25) is 0 Å². The highest BCUT2D eigenvalue weighted by Gasteiger charge is 2.14. The first-order valence-electron chi connectivity index (χ1n) is 9.12. The predicted octanol–water partition coefficient (Wildman–Crippen LogP) is 1.50. The van der Waals surface area contributed by atoms with Crippen molar-refractivity contribution in [1.29, 1.82) is 0 Å². The van der Waals surface area contributed by atoms with Crippen LogP contribution in [-0.2, 0) is 0 Å². The maximum atomic E-state index is 12.3. The van der Waals surface area contributed by atoms with Gasteiger partial charge in [-0.3, -0.25) is 4.79 Å². The van der Waals surface area contributed by atoms with Gasteiger partial charge >= 0.3 is 0 Å². The Morgan fingerprint density at radius 2 is 2.00 bits per heavy atom. The second-order valence-electron chi connectivity index (χ2n) is 6.47. The first-order chi connectivity index (χ1) is 12.7. The van der Waals surface area contributed by atoms with Crippen LogP contribution in [0.3, 0.4) is 0 Å². The first kappa shape index (κ1) is 19.0. The van der Waals surface area contributed by atoms with Crippen molar-refractivity contribution in [2.75, 3.05) is 52.1 Å². The SMILES string of the molecule is CCSc1ccc2nnc(C(=O)NCCCN3CCN(C)CC3)nc2c1. The van der Waals surface area contributed by atoms with E-state index in [1.807, 2.05) is 18.2 Å². The minimum absolute atomic E-state index is 0.135. The predicted molar refractivity (Wildman–Crippen MR) is 105 cm³/mol. The zero-order valence-corrected chi connectivity index (χ0v) is 16.3. The Hall–Kier alpha value is -1.77. The van der Waals surface area contributed by atoms with Crippen molar-refractivity contribution in [2.45, 2.75) is 18.2 Å². The molecule has 26 heavy (non-hydrogen) atoms. The molecule has 0 atom stereocenters. The van der Waals surface area contributed by atoms with E-state index in [0.717, 1.165) is 49.8 Å². The third-order valence-electron chi connectivity index (χ3n) is 4.47. The Bertz CT molecular complexity index is 748. The molecule has 7 nitrogen and oxygen atoms in total. The van der Waals surface area contributed by atoms with Crippen LogP contribution in [0, 0.1) is 0 Å². The average molecular weight is 375 g/mol. The van der Waals surface area contributed by atoms with Crippen LogP contribution >= 0.6 is 11.8 Å². The molecule has 0 spiro atoms. The second-order valence-corrected chi connectivity index (χ2v) is 7.81. The standard InChI is InChI=1S/C18H26N6OS/c1-3-26-14-5-6-15-16(13-14)20-17(22-21-15)18(25)19-7-4-8-24-11-9-23(2)10-12-24/h5-6,13H,3-4,7-12H2,1-2H3,(H,19,25). The van der Waals surface area contributed by atoms with Crippen molar-refractivity contribution < 1.29 is 4.79 Å². The number of aromatic nitrogens is 3. The van der Waals surface area contributed by atoms with E-state index in [1.54, 1.807) is 11.8 Å². The number of likely N-dealkylation sites (N-methyl/N-ethyl adjacent to an activating group) is 1. The molecule has 2 heterocycles. The molecule has 1 N–H and O–H groups in total. The summed E-state index contributed by atoms with van der Waals surface area (Å²) >= 11 is 1.74. The fourth-order valence-electron chi connectivity index (χ4n) is 2.92. The van der Waals surface area contributed by atoms with Gasteiger partial charge in [0, 0.05) is 37.6 Å². The maximum Gasteiger partial charge on any atom is 0.291 e. The number of rotatable bonds is 7. The second kappa shape index (κ2) is 9.25. The number of carbonyl (C=O) groups is 1. The van der Waals surface area contributed by atoms with Gasteiger partial charge in [-0.2, -0.15) is 0 Å². The Balaban J connectivity index is 1.50. The number of fused-ring (bicyclic) bond motifs is 1. The summed E-state index contributed by atoms with van der Waals surface area (Å²) in [5.41, 5.74) is 1.41. The molecule has 1 aromatic carbocycles. The highest BCUT2D eigenvalue weighted by atomic mass is 32.2. The Kier molecular flexibility index (Phi) is 6.76. The summed E-state index contributed by atoms with van der Waals surface area (Å²) in [5.74, 6) is 0.868. The number of piperazine rings is 1. The van der Waals surface area contributed by atoms with Crippen LogP contribution in [0.15, 0.2) is 23.1 Å². The molecule has 3 rings (SSSR count). The van der Waals surface area contributed by atoms with E-state index in [1.165, 1.54) is 0 Å². The number of nitrogens with zero attached hydrogens (tertiary/aromatic N) is 5. The van der Waals surface area contributed by atoms with Crippen LogP contribution in [0.1, 0.15) is 24.0 Å². The van der Waals surface area contributed by atoms with Crippen LogP contribution < -0.4 is 5.32 Å². The molecule has 1 aliphatic rings. The molecule has 0 aliphatic carbocycles. The minimum atomic E-state index is -0.258. The maximum absolute atomic E-state index is 12.3. The number of hydrogen-bond donors (Lipinski definition) is 1. The fraction of sp³-hybridized carbons (Fsp3) is 0.556. The topological polar surface area (TPSA) is 74.2 Å². The Morgan fingerprint density at radius 1 is 1.19 bits per heavy atom. The van der Waals surface area contributed by atoms with Gasteiger partial charge in [0.2, 0.25) is 5.82 Å². The lowest BCUT2D eigenvalue weighted by molar-refractivity contribution is 0.0938. The molecule has 1 saturated heterocycles. The summed E-state index contributed by atoms with van der Waals surface area (Å²) in [6.07, 6.45) is 0.924. The molecule has 0 radical (unpaired) electrons. The number of thioether (sulfide) groups is 1. The van der Waals surface area contributed by atoms with E-state index < -0.39 is 0 Å². The van der Waals surface area contributed by atoms with Gasteiger partial charge in [-0.15, -0.1) is 22.0 Å². The van der Waals surface area contributed by atoms with E-state index in [0.29, 0.717) is 17.6 Å². The van der Waals surface area contributed by atoms with E-state index in [9.17, 15) is 4.79 Å². The zero-order valence-electron chi connectivity index (χ0n) is 15.4. The number of carbonyl (C=O) groups excluding carboxylic acids is 1. The lowest BCUT2D eigenvalue weighted by atomic mass is 10.3. The molecular weight excluding hydrogens is 348 g/mol. The molecule has 1 aromatic heterocycles. The van der Waals surface area contributed by atoms with Gasteiger partial charge in [-0.05, 0) is 44.0 Å². The van der Waals surface area contributed by atoms with Crippen LogP contribution in [0.5, 0.6) is 0 Å². The zero-order chi connectivity index (χ0) is 18.4. The van der Waals surface area contributed by atoms with Gasteiger partial charge in [0.25, 0.3) is 5.91 Å². The molecule has 1 amide bonds. The summed E-state index contributed by atoms with van der Waals surface area (Å²) in [6, 6.07) is 5.86. The van der Waals surface area contributed by atoms with Crippen molar-refractivity contribution >= 4 is 28.7 Å². The Labute approximate surface area is 158 Å². The van der Waals surface area contributed by atoms with Crippen LogP contribution in [-0.4, -0.2) is 83.0 Å². The van der Waals surface area contributed by atoms with Crippen molar-refractivity contribution in [2.24, 2.45) is 0 Å². The van der Waals surface area contributed by atoms with Gasteiger partial charge in [-0.1, -0.05) is 6.92 Å². The lowest BCUT2D eigenvalue weighted by Crippen LogP contribution is -2.45. The normalized spacial score (nSPS) is 16.1. The number of amides is 1. The van der Waals surface area contributed by atoms with Gasteiger partial charge in [0.05, 0.1) is 5.52 Å². The largest absolute Gasteiger partial charge is 0.349 e. The van der Waals surface area contributed by atoms with E-state index in [4.69, 9.17) is 0 Å². The van der Waals surface area contributed by atoms with Gasteiger partial charge in [0.15, 0.2) is 0 Å². The number of benzene rings is 1. The fourth-order valence-corrected chi connectivity index (χ4v) is 3.62. The molecule has 2 aromatic rings.